The van der Waals surface area contributed by atoms with E-state index in [0.717, 1.165) is 5.56 Å². The first kappa shape index (κ1) is 17.0. The molecule has 2 rings (SSSR count). The van der Waals surface area contributed by atoms with Crippen LogP contribution < -0.4 is 10.6 Å². The molecule has 0 atom stereocenters. The van der Waals surface area contributed by atoms with Gasteiger partial charge in [0.25, 0.3) is 10.1 Å². The second kappa shape index (κ2) is 7.28. The molecule has 0 fully saturated rings. The lowest BCUT2D eigenvalue weighted by molar-refractivity contribution is 0.255. The van der Waals surface area contributed by atoms with Gasteiger partial charge in [0.1, 0.15) is 0 Å². The molecule has 0 aliphatic carbocycles. The van der Waals surface area contributed by atoms with Crippen LogP contribution in [0.15, 0.2) is 59.6 Å². The Balaban J connectivity index is 1.92. The fourth-order valence-corrected chi connectivity index (χ4v) is 2.38. The Morgan fingerprint density at radius 2 is 1.83 bits per heavy atom. The average molecular weight is 353 g/mol. The SMILES string of the molecule is O=C(N/C=C/c1cccc(Cl)c1)Nc1ccc(S(=O)(=O)O)cc1. The fraction of sp³-hybridized carbons (Fsp3) is 0. The van der Waals surface area contributed by atoms with Crippen LogP contribution in [0.2, 0.25) is 5.02 Å². The number of amides is 2. The van der Waals surface area contributed by atoms with Crippen molar-refractivity contribution in [2.24, 2.45) is 0 Å². The molecule has 2 aromatic carbocycles. The summed E-state index contributed by atoms with van der Waals surface area (Å²) in [5.41, 5.74) is 1.21. The van der Waals surface area contributed by atoms with Gasteiger partial charge >= 0.3 is 6.03 Å². The Bertz CT molecular complexity index is 833. The van der Waals surface area contributed by atoms with E-state index in [9.17, 15) is 13.2 Å². The van der Waals surface area contributed by atoms with Crippen LogP contribution in [0.3, 0.4) is 0 Å². The predicted molar refractivity (Wildman–Crippen MR) is 88.9 cm³/mol. The summed E-state index contributed by atoms with van der Waals surface area (Å²) in [6.45, 7) is 0. The summed E-state index contributed by atoms with van der Waals surface area (Å²) < 4.78 is 30.7. The molecule has 0 heterocycles. The number of anilines is 1. The van der Waals surface area contributed by atoms with Gasteiger partial charge < -0.3 is 10.6 Å². The van der Waals surface area contributed by atoms with Crippen molar-refractivity contribution in [2.75, 3.05) is 5.32 Å². The average Bonchev–Trinajstić information content (AvgIpc) is 2.47. The Morgan fingerprint density at radius 1 is 1.13 bits per heavy atom. The number of rotatable bonds is 4. The van der Waals surface area contributed by atoms with E-state index in [4.69, 9.17) is 16.2 Å². The zero-order chi connectivity index (χ0) is 16.9. The molecule has 0 aliphatic heterocycles. The predicted octanol–water partition coefficient (Wildman–Crippen LogP) is 3.38. The van der Waals surface area contributed by atoms with Gasteiger partial charge in [-0.25, -0.2) is 4.79 Å². The van der Waals surface area contributed by atoms with Crippen molar-refractivity contribution < 1.29 is 17.8 Å². The second-order valence-electron chi connectivity index (χ2n) is 4.49. The molecule has 0 saturated carbocycles. The Morgan fingerprint density at radius 3 is 2.43 bits per heavy atom. The highest BCUT2D eigenvalue weighted by Gasteiger charge is 2.08. The molecule has 8 heteroatoms. The first-order chi connectivity index (χ1) is 10.8. The van der Waals surface area contributed by atoms with Crippen LogP contribution in [0.1, 0.15) is 5.56 Å². The summed E-state index contributed by atoms with van der Waals surface area (Å²) in [4.78, 5) is 11.4. The topological polar surface area (TPSA) is 95.5 Å². The molecule has 0 aliphatic rings. The molecule has 2 aromatic rings. The lowest BCUT2D eigenvalue weighted by atomic mass is 10.2. The van der Waals surface area contributed by atoms with Crippen molar-refractivity contribution in [2.45, 2.75) is 4.90 Å². The van der Waals surface area contributed by atoms with Crippen LogP contribution >= 0.6 is 11.6 Å². The maximum Gasteiger partial charge on any atom is 0.323 e. The van der Waals surface area contributed by atoms with Crippen molar-refractivity contribution >= 4 is 39.5 Å². The van der Waals surface area contributed by atoms with Gasteiger partial charge in [-0.15, -0.1) is 0 Å². The minimum absolute atomic E-state index is 0.246. The molecular weight excluding hydrogens is 340 g/mol. The smallest absolute Gasteiger partial charge is 0.314 e. The van der Waals surface area contributed by atoms with Gasteiger partial charge in [0.2, 0.25) is 0 Å². The standard InChI is InChI=1S/C15H13ClN2O4S/c16-12-3-1-2-11(10-12)8-9-17-15(19)18-13-4-6-14(7-5-13)23(20,21)22/h1-10H,(H2,17,18,19)(H,20,21,22)/b9-8+. The molecule has 3 N–H and O–H groups in total. The number of carbonyl (C=O) groups is 1. The maximum absolute atomic E-state index is 11.7. The van der Waals surface area contributed by atoms with Crippen LogP contribution in [0.25, 0.3) is 6.08 Å². The second-order valence-corrected chi connectivity index (χ2v) is 6.34. The van der Waals surface area contributed by atoms with E-state index in [-0.39, 0.29) is 4.90 Å². The Kier molecular flexibility index (Phi) is 5.38. The minimum Gasteiger partial charge on any atom is -0.314 e. The first-order valence-corrected chi connectivity index (χ1v) is 8.23. The van der Waals surface area contributed by atoms with Gasteiger partial charge in [0.15, 0.2) is 0 Å². The van der Waals surface area contributed by atoms with Crippen molar-refractivity contribution in [1.82, 2.24) is 5.32 Å². The van der Waals surface area contributed by atoms with Gasteiger partial charge in [-0.05, 0) is 48.0 Å². The zero-order valence-corrected chi connectivity index (χ0v) is 13.3. The minimum atomic E-state index is -4.25. The van der Waals surface area contributed by atoms with E-state index in [1.807, 2.05) is 6.07 Å². The van der Waals surface area contributed by atoms with Crippen LogP contribution in [0, 0.1) is 0 Å². The molecule has 6 nitrogen and oxygen atoms in total. The van der Waals surface area contributed by atoms with Crippen molar-refractivity contribution in [3.05, 3.63) is 65.3 Å². The van der Waals surface area contributed by atoms with Gasteiger partial charge in [0, 0.05) is 16.9 Å². The van der Waals surface area contributed by atoms with Gasteiger partial charge in [0.05, 0.1) is 4.90 Å². The number of hydrogen-bond acceptors (Lipinski definition) is 3. The lowest BCUT2D eigenvalue weighted by Crippen LogP contribution is -2.23. The highest BCUT2D eigenvalue weighted by atomic mass is 35.5. The quantitative estimate of drug-likeness (QED) is 0.735. The number of hydrogen-bond donors (Lipinski definition) is 3. The number of benzene rings is 2. The number of nitrogens with one attached hydrogen (secondary N) is 2. The number of carbonyl (C=O) groups excluding carboxylic acids is 1. The summed E-state index contributed by atoms with van der Waals surface area (Å²) in [6, 6.07) is 11.7. The highest BCUT2D eigenvalue weighted by Crippen LogP contribution is 2.14. The summed E-state index contributed by atoms with van der Waals surface area (Å²) in [5, 5.41) is 5.61. The van der Waals surface area contributed by atoms with Crippen LogP contribution in [0.4, 0.5) is 10.5 Å². The highest BCUT2D eigenvalue weighted by molar-refractivity contribution is 7.85. The maximum atomic E-state index is 11.7. The van der Waals surface area contributed by atoms with Crippen LogP contribution in [0.5, 0.6) is 0 Å². The van der Waals surface area contributed by atoms with E-state index in [1.54, 1.807) is 24.3 Å². The Labute approximate surface area is 138 Å². The Hall–Kier alpha value is -2.35. The monoisotopic (exact) mass is 352 g/mol. The van der Waals surface area contributed by atoms with Gasteiger partial charge in [-0.3, -0.25) is 4.55 Å². The van der Waals surface area contributed by atoms with E-state index >= 15 is 0 Å². The van der Waals surface area contributed by atoms with Crippen molar-refractivity contribution in [1.29, 1.82) is 0 Å². The third kappa shape index (κ3) is 5.41. The molecule has 0 unspecified atom stereocenters. The molecule has 0 bridgehead atoms. The van der Waals surface area contributed by atoms with Crippen LogP contribution in [-0.4, -0.2) is 19.0 Å². The zero-order valence-electron chi connectivity index (χ0n) is 11.7. The van der Waals surface area contributed by atoms with Crippen molar-refractivity contribution in [3.63, 3.8) is 0 Å². The molecule has 0 aromatic heterocycles. The van der Waals surface area contributed by atoms with Crippen LogP contribution in [-0.2, 0) is 10.1 Å². The first-order valence-electron chi connectivity index (χ1n) is 6.42. The molecule has 0 spiro atoms. The molecule has 120 valence electrons. The normalized spacial score (nSPS) is 11.4. The lowest BCUT2D eigenvalue weighted by Gasteiger charge is -2.05. The number of halogens is 1. The fourth-order valence-electron chi connectivity index (χ4n) is 1.70. The molecule has 0 saturated heterocycles. The summed E-state index contributed by atoms with van der Waals surface area (Å²) in [7, 11) is -4.25. The van der Waals surface area contributed by atoms with Gasteiger partial charge in [-0.1, -0.05) is 23.7 Å². The van der Waals surface area contributed by atoms with E-state index < -0.39 is 16.1 Å². The molecule has 2 amide bonds. The summed E-state index contributed by atoms with van der Waals surface area (Å²) in [6.07, 6.45) is 3.13. The van der Waals surface area contributed by atoms with Crippen molar-refractivity contribution in [3.8, 4) is 0 Å². The summed E-state index contributed by atoms with van der Waals surface area (Å²) >= 11 is 5.84. The van der Waals surface area contributed by atoms with Gasteiger partial charge in [-0.2, -0.15) is 8.42 Å². The summed E-state index contributed by atoms with van der Waals surface area (Å²) in [5.74, 6) is 0. The van der Waals surface area contributed by atoms with E-state index in [0.29, 0.717) is 10.7 Å². The third-order valence-electron chi connectivity index (χ3n) is 2.75. The number of urea groups is 1. The molecule has 23 heavy (non-hydrogen) atoms. The molecular formula is C15H13ClN2O4S. The van der Waals surface area contributed by atoms with E-state index in [1.165, 1.54) is 30.5 Å². The largest absolute Gasteiger partial charge is 0.323 e. The van der Waals surface area contributed by atoms with E-state index in [2.05, 4.69) is 10.6 Å². The third-order valence-corrected chi connectivity index (χ3v) is 3.85. The molecule has 0 radical (unpaired) electrons.